The molecule has 29 heavy (non-hydrogen) atoms. The summed E-state index contributed by atoms with van der Waals surface area (Å²) >= 11 is 0. The van der Waals surface area contributed by atoms with E-state index in [4.69, 9.17) is 0 Å². The Morgan fingerprint density at radius 2 is 1.62 bits per heavy atom. The zero-order chi connectivity index (χ0) is 20.9. The Labute approximate surface area is 172 Å². The molecule has 0 saturated carbocycles. The van der Waals surface area contributed by atoms with Crippen LogP contribution in [0, 0.1) is 5.92 Å². The van der Waals surface area contributed by atoms with Crippen LogP contribution in [0.15, 0.2) is 30.3 Å². The van der Waals surface area contributed by atoms with Crippen LogP contribution in [0.25, 0.3) is 0 Å². The van der Waals surface area contributed by atoms with E-state index < -0.39 is 10.0 Å². The summed E-state index contributed by atoms with van der Waals surface area (Å²) in [5, 5.41) is 2.93. The third-order valence-electron chi connectivity index (χ3n) is 5.66. The third-order valence-corrected chi connectivity index (χ3v) is 6.96. The van der Waals surface area contributed by atoms with Crippen molar-refractivity contribution in [3.63, 3.8) is 0 Å². The molecule has 2 aliphatic rings. The molecule has 2 heterocycles. The van der Waals surface area contributed by atoms with Gasteiger partial charge in [0.2, 0.25) is 21.8 Å². The predicted molar refractivity (Wildman–Crippen MR) is 110 cm³/mol. The van der Waals surface area contributed by atoms with Gasteiger partial charge in [-0.1, -0.05) is 30.3 Å². The van der Waals surface area contributed by atoms with Crippen molar-refractivity contribution in [2.75, 3.05) is 52.1 Å². The topological polar surface area (TPSA) is 90.0 Å². The molecule has 1 aromatic carbocycles. The van der Waals surface area contributed by atoms with Crippen LogP contribution in [-0.4, -0.2) is 86.4 Å². The molecule has 1 aromatic rings. The number of piperidine rings is 1. The van der Waals surface area contributed by atoms with Gasteiger partial charge in [0.25, 0.3) is 0 Å². The minimum absolute atomic E-state index is 0.0122. The second kappa shape index (κ2) is 9.69. The minimum atomic E-state index is -3.18. The van der Waals surface area contributed by atoms with Crippen LogP contribution >= 0.6 is 0 Å². The van der Waals surface area contributed by atoms with Gasteiger partial charge in [0.15, 0.2) is 0 Å². The zero-order valence-corrected chi connectivity index (χ0v) is 17.7. The van der Waals surface area contributed by atoms with Crippen LogP contribution < -0.4 is 5.32 Å². The molecule has 160 valence electrons. The molecule has 2 amide bonds. The summed E-state index contributed by atoms with van der Waals surface area (Å²) in [7, 11) is -3.18. The lowest BCUT2D eigenvalue weighted by molar-refractivity contribution is -0.138. The maximum atomic E-state index is 12.8. The zero-order valence-electron chi connectivity index (χ0n) is 16.9. The molecule has 9 heteroatoms. The average Bonchev–Trinajstić information content (AvgIpc) is 2.72. The average molecular weight is 423 g/mol. The lowest BCUT2D eigenvalue weighted by atomic mass is 9.96. The van der Waals surface area contributed by atoms with Gasteiger partial charge in [-0.25, -0.2) is 12.7 Å². The molecule has 2 saturated heterocycles. The fraction of sp³-hybridized carbons (Fsp3) is 0.600. The number of nitrogens with one attached hydrogen (secondary N) is 1. The van der Waals surface area contributed by atoms with Gasteiger partial charge in [-0.15, -0.1) is 0 Å². The Kier molecular flexibility index (Phi) is 7.26. The van der Waals surface area contributed by atoms with Gasteiger partial charge < -0.3 is 10.2 Å². The van der Waals surface area contributed by atoms with E-state index in [1.54, 1.807) is 0 Å². The van der Waals surface area contributed by atoms with E-state index in [0.717, 1.165) is 5.56 Å². The van der Waals surface area contributed by atoms with Gasteiger partial charge in [-0.3, -0.25) is 14.5 Å². The van der Waals surface area contributed by atoms with Crippen molar-refractivity contribution in [3.05, 3.63) is 35.9 Å². The van der Waals surface area contributed by atoms with Crippen molar-refractivity contribution in [1.29, 1.82) is 0 Å². The van der Waals surface area contributed by atoms with Gasteiger partial charge in [0.1, 0.15) is 0 Å². The molecule has 1 N–H and O–H groups in total. The number of sulfonamides is 1. The summed E-state index contributed by atoms with van der Waals surface area (Å²) in [6.45, 7) is 4.24. The quantitative estimate of drug-likeness (QED) is 0.703. The first kappa shape index (κ1) is 21.7. The second-order valence-corrected chi connectivity index (χ2v) is 9.78. The van der Waals surface area contributed by atoms with Gasteiger partial charge in [0.05, 0.1) is 12.8 Å². The third kappa shape index (κ3) is 6.25. The van der Waals surface area contributed by atoms with Gasteiger partial charge >= 0.3 is 0 Å². The van der Waals surface area contributed by atoms with Crippen LogP contribution in [-0.2, 0) is 26.2 Å². The van der Waals surface area contributed by atoms with Crippen LogP contribution in [0.1, 0.15) is 18.4 Å². The van der Waals surface area contributed by atoms with E-state index in [-0.39, 0.29) is 17.7 Å². The van der Waals surface area contributed by atoms with Gasteiger partial charge in [-0.2, -0.15) is 0 Å². The first-order valence-electron chi connectivity index (χ1n) is 10.1. The Morgan fingerprint density at radius 1 is 1.00 bits per heavy atom. The van der Waals surface area contributed by atoms with E-state index in [1.165, 1.54) is 10.6 Å². The van der Waals surface area contributed by atoms with E-state index in [1.807, 2.05) is 35.2 Å². The number of rotatable bonds is 6. The van der Waals surface area contributed by atoms with Crippen LogP contribution in [0.2, 0.25) is 0 Å². The van der Waals surface area contributed by atoms with Crippen LogP contribution in [0.5, 0.6) is 0 Å². The van der Waals surface area contributed by atoms with Crippen molar-refractivity contribution in [1.82, 2.24) is 19.4 Å². The van der Waals surface area contributed by atoms with Gasteiger partial charge in [-0.05, 0) is 18.4 Å². The largest absolute Gasteiger partial charge is 0.351 e. The number of benzene rings is 1. The highest BCUT2D eigenvalue weighted by Crippen LogP contribution is 2.22. The number of amides is 2. The van der Waals surface area contributed by atoms with E-state index >= 15 is 0 Å². The summed E-state index contributed by atoms with van der Waals surface area (Å²) < 4.78 is 24.7. The number of piperazine rings is 1. The SMILES string of the molecule is CS(=O)(=O)N1CCC(C(=O)N2CCN(CC(=O)NCc3ccccc3)CC2)CC1. The number of nitrogens with zero attached hydrogens (tertiary/aromatic N) is 3. The fourth-order valence-electron chi connectivity index (χ4n) is 3.87. The summed E-state index contributed by atoms with van der Waals surface area (Å²) in [6, 6.07) is 9.79. The molecule has 0 aliphatic carbocycles. The van der Waals surface area contributed by atoms with Crippen molar-refractivity contribution in [3.8, 4) is 0 Å². The molecule has 3 rings (SSSR count). The first-order valence-corrected chi connectivity index (χ1v) is 11.9. The van der Waals surface area contributed by atoms with E-state index in [2.05, 4.69) is 10.2 Å². The molecule has 0 unspecified atom stereocenters. The summed E-state index contributed by atoms with van der Waals surface area (Å²) in [6.07, 6.45) is 2.37. The standard InChI is InChI=1S/C20H30N4O4S/c1-29(27,28)24-9-7-18(8-10-24)20(26)23-13-11-22(12-14-23)16-19(25)21-15-17-5-3-2-4-6-17/h2-6,18H,7-16H2,1H3,(H,21,25). The van der Waals surface area contributed by atoms with E-state index in [0.29, 0.717) is 65.2 Å². The normalized spacial score (nSPS) is 19.8. The number of carbonyl (C=O) groups excluding carboxylic acids is 2. The Balaban J connectivity index is 1.37. The molecule has 2 fully saturated rings. The number of carbonyl (C=O) groups is 2. The highest BCUT2D eigenvalue weighted by molar-refractivity contribution is 7.88. The molecule has 2 aliphatic heterocycles. The van der Waals surface area contributed by atoms with Crippen LogP contribution in [0.4, 0.5) is 0 Å². The molecule has 0 bridgehead atoms. The number of hydrogen-bond donors (Lipinski definition) is 1. The lowest BCUT2D eigenvalue weighted by Crippen LogP contribution is -2.53. The van der Waals surface area contributed by atoms with Crippen molar-refractivity contribution in [2.45, 2.75) is 19.4 Å². The summed E-state index contributed by atoms with van der Waals surface area (Å²) in [5.41, 5.74) is 1.07. The minimum Gasteiger partial charge on any atom is -0.351 e. The predicted octanol–water partition coefficient (Wildman–Crippen LogP) is 0.119. The summed E-state index contributed by atoms with van der Waals surface area (Å²) in [5.74, 6) is 0.00169. The molecular formula is C20H30N4O4S. The molecule has 0 spiro atoms. The smallest absolute Gasteiger partial charge is 0.234 e. The molecule has 0 radical (unpaired) electrons. The first-order chi connectivity index (χ1) is 13.8. The molecule has 8 nitrogen and oxygen atoms in total. The highest BCUT2D eigenvalue weighted by Gasteiger charge is 2.32. The van der Waals surface area contributed by atoms with Crippen molar-refractivity contribution < 1.29 is 18.0 Å². The maximum Gasteiger partial charge on any atom is 0.234 e. The van der Waals surface area contributed by atoms with E-state index in [9.17, 15) is 18.0 Å². The molecule has 0 aromatic heterocycles. The fourth-order valence-corrected chi connectivity index (χ4v) is 4.75. The lowest BCUT2D eigenvalue weighted by Gasteiger charge is -2.38. The maximum absolute atomic E-state index is 12.8. The van der Waals surface area contributed by atoms with Crippen molar-refractivity contribution >= 4 is 21.8 Å². The Morgan fingerprint density at radius 3 is 2.21 bits per heavy atom. The van der Waals surface area contributed by atoms with Crippen LogP contribution in [0.3, 0.4) is 0 Å². The Hall–Kier alpha value is -1.97. The summed E-state index contributed by atoms with van der Waals surface area (Å²) in [4.78, 5) is 28.9. The Bertz CT molecular complexity index is 799. The molecule has 0 atom stereocenters. The second-order valence-electron chi connectivity index (χ2n) is 7.80. The number of hydrogen-bond acceptors (Lipinski definition) is 5. The van der Waals surface area contributed by atoms with Gasteiger partial charge in [0, 0.05) is 51.7 Å². The van der Waals surface area contributed by atoms with Crippen molar-refractivity contribution in [2.24, 2.45) is 5.92 Å². The monoisotopic (exact) mass is 422 g/mol. The highest BCUT2D eigenvalue weighted by atomic mass is 32.2. The molecular weight excluding hydrogens is 392 g/mol.